The molecule has 2 amide bonds. The van der Waals surface area contributed by atoms with Gasteiger partial charge < -0.3 is 19.5 Å². The molecule has 132 valence electrons. The Morgan fingerprint density at radius 1 is 1.29 bits per heavy atom. The van der Waals surface area contributed by atoms with Gasteiger partial charge in [0.1, 0.15) is 6.04 Å². The number of anilines is 1. The molecule has 2 rings (SSSR count). The van der Waals surface area contributed by atoms with Crippen LogP contribution >= 0.6 is 0 Å². The monoisotopic (exact) mass is 344 g/mol. The van der Waals surface area contributed by atoms with Crippen LogP contribution in [0.25, 0.3) is 0 Å². The molecule has 0 aromatic heterocycles. The SMILES string of the molecule is COCCN1C(=O)CC(Nc2ccc(OC)c(OC(F)F)c2)C1=O. The molecule has 9 heteroatoms. The molecule has 1 unspecified atom stereocenters. The summed E-state index contributed by atoms with van der Waals surface area (Å²) in [5.74, 6) is -0.724. The summed E-state index contributed by atoms with van der Waals surface area (Å²) in [5.41, 5.74) is 0.367. The van der Waals surface area contributed by atoms with Crippen molar-refractivity contribution in [2.24, 2.45) is 0 Å². The van der Waals surface area contributed by atoms with Gasteiger partial charge in [0.25, 0.3) is 5.91 Å². The number of hydrogen-bond donors (Lipinski definition) is 1. The third-order valence-electron chi connectivity index (χ3n) is 3.48. The molecule has 24 heavy (non-hydrogen) atoms. The fourth-order valence-electron chi connectivity index (χ4n) is 2.37. The molecule has 1 aromatic rings. The van der Waals surface area contributed by atoms with Gasteiger partial charge in [-0.05, 0) is 12.1 Å². The van der Waals surface area contributed by atoms with E-state index in [1.54, 1.807) is 6.07 Å². The highest BCUT2D eigenvalue weighted by atomic mass is 19.3. The standard InChI is InChI=1S/C15H18F2N2O5/c1-22-6-5-19-13(20)8-10(14(19)21)18-9-3-4-11(23-2)12(7-9)24-15(16)17/h3-4,7,10,15,18H,5-6,8H2,1-2H3. The highest BCUT2D eigenvalue weighted by Gasteiger charge is 2.38. The molecule has 1 fully saturated rings. The number of ether oxygens (including phenoxy) is 3. The summed E-state index contributed by atoms with van der Waals surface area (Å²) in [4.78, 5) is 25.2. The Kier molecular flexibility index (Phi) is 5.91. The van der Waals surface area contributed by atoms with Crippen molar-refractivity contribution in [3.63, 3.8) is 0 Å². The van der Waals surface area contributed by atoms with E-state index in [1.807, 2.05) is 0 Å². The minimum Gasteiger partial charge on any atom is -0.493 e. The highest BCUT2D eigenvalue weighted by molar-refractivity contribution is 6.06. The second-order valence-corrected chi connectivity index (χ2v) is 5.02. The summed E-state index contributed by atoms with van der Waals surface area (Å²) in [5, 5.41) is 2.86. The lowest BCUT2D eigenvalue weighted by atomic mass is 10.2. The molecule has 1 aliphatic rings. The van der Waals surface area contributed by atoms with E-state index in [0.29, 0.717) is 5.69 Å². The summed E-state index contributed by atoms with van der Waals surface area (Å²) in [6.07, 6.45) is -0.0143. The quantitative estimate of drug-likeness (QED) is 0.720. The van der Waals surface area contributed by atoms with Gasteiger partial charge in [0.15, 0.2) is 11.5 Å². The van der Waals surface area contributed by atoms with Crippen LogP contribution < -0.4 is 14.8 Å². The summed E-state index contributed by atoms with van der Waals surface area (Å²) in [6, 6.07) is 3.51. The van der Waals surface area contributed by atoms with E-state index in [9.17, 15) is 18.4 Å². The number of imide groups is 1. The molecule has 1 atom stereocenters. The maximum absolute atomic E-state index is 12.4. The number of halogens is 2. The smallest absolute Gasteiger partial charge is 0.387 e. The van der Waals surface area contributed by atoms with Crippen molar-refractivity contribution in [2.45, 2.75) is 19.1 Å². The van der Waals surface area contributed by atoms with E-state index in [2.05, 4.69) is 10.1 Å². The second-order valence-electron chi connectivity index (χ2n) is 5.02. The van der Waals surface area contributed by atoms with Gasteiger partial charge in [0.05, 0.1) is 26.7 Å². The lowest BCUT2D eigenvalue weighted by molar-refractivity contribution is -0.139. The number of rotatable bonds is 8. The molecule has 0 aliphatic carbocycles. The van der Waals surface area contributed by atoms with Crippen molar-refractivity contribution in [3.05, 3.63) is 18.2 Å². The largest absolute Gasteiger partial charge is 0.493 e. The van der Waals surface area contributed by atoms with Crippen molar-refractivity contribution in [2.75, 3.05) is 32.7 Å². The van der Waals surface area contributed by atoms with Gasteiger partial charge in [-0.3, -0.25) is 14.5 Å². The van der Waals surface area contributed by atoms with Crippen LogP contribution in [0.3, 0.4) is 0 Å². The van der Waals surface area contributed by atoms with Crippen LogP contribution in [-0.4, -0.2) is 56.7 Å². The zero-order valence-electron chi connectivity index (χ0n) is 13.3. The number of alkyl halides is 2. The first-order valence-electron chi connectivity index (χ1n) is 7.18. The zero-order chi connectivity index (χ0) is 17.7. The van der Waals surface area contributed by atoms with Crippen LogP contribution in [0.5, 0.6) is 11.5 Å². The number of nitrogens with zero attached hydrogens (tertiary/aromatic N) is 1. The molecular weight excluding hydrogens is 326 g/mol. The molecule has 0 spiro atoms. The van der Waals surface area contributed by atoms with E-state index in [-0.39, 0.29) is 42.9 Å². The number of benzene rings is 1. The Morgan fingerprint density at radius 2 is 2.04 bits per heavy atom. The van der Waals surface area contributed by atoms with Gasteiger partial charge in [-0.15, -0.1) is 0 Å². The first kappa shape index (κ1) is 17.9. The van der Waals surface area contributed by atoms with Gasteiger partial charge in [-0.25, -0.2) is 0 Å². The zero-order valence-corrected chi connectivity index (χ0v) is 13.3. The molecule has 1 N–H and O–H groups in total. The van der Waals surface area contributed by atoms with E-state index >= 15 is 0 Å². The first-order valence-corrected chi connectivity index (χ1v) is 7.18. The van der Waals surface area contributed by atoms with Crippen molar-refractivity contribution < 1.29 is 32.6 Å². The Morgan fingerprint density at radius 3 is 2.67 bits per heavy atom. The minimum absolute atomic E-state index is 0.0143. The van der Waals surface area contributed by atoms with Crippen molar-refractivity contribution in [1.82, 2.24) is 4.90 Å². The van der Waals surface area contributed by atoms with Crippen LogP contribution in [0, 0.1) is 0 Å². The molecule has 1 saturated heterocycles. The lowest BCUT2D eigenvalue weighted by Crippen LogP contribution is -2.36. The fraction of sp³-hybridized carbons (Fsp3) is 0.467. The van der Waals surface area contributed by atoms with Gasteiger partial charge in [-0.2, -0.15) is 8.78 Å². The Hall–Kier alpha value is -2.42. The predicted octanol–water partition coefficient (Wildman–Crippen LogP) is 1.48. The van der Waals surface area contributed by atoms with Gasteiger partial charge in [0.2, 0.25) is 5.91 Å². The minimum atomic E-state index is -3.01. The molecule has 1 aromatic carbocycles. The van der Waals surface area contributed by atoms with Gasteiger partial charge in [0, 0.05) is 18.9 Å². The first-order chi connectivity index (χ1) is 11.5. The van der Waals surface area contributed by atoms with E-state index in [1.165, 1.54) is 26.4 Å². The number of likely N-dealkylation sites (tertiary alicyclic amines) is 1. The summed E-state index contributed by atoms with van der Waals surface area (Å²) in [7, 11) is 2.80. The molecule has 0 bridgehead atoms. The molecule has 1 heterocycles. The topological polar surface area (TPSA) is 77.1 Å². The highest BCUT2D eigenvalue weighted by Crippen LogP contribution is 2.32. The third kappa shape index (κ3) is 4.10. The Labute approximate surface area is 137 Å². The molecular formula is C15H18F2N2O5. The van der Waals surface area contributed by atoms with E-state index in [0.717, 1.165) is 4.90 Å². The third-order valence-corrected chi connectivity index (χ3v) is 3.48. The molecule has 1 aliphatic heterocycles. The number of methoxy groups -OCH3 is 2. The molecule has 7 nitrogen and oxygen atoms in total. The average Bonchev–Trinajstić information content (AvgIpc) is 2.79. The van der Waals surface area contributed by atoms with Gasteiger partial charge in [-0.1, -0.05) is 0 Å². The van der Waals surface area contributed by atoms with Crippen LogP contribution in [-0.2, 0) is 14.3 Å². The number of carbonyl (C=O) groups is 2. The molecule has 0 radical (unpaired) electrons. The van der Waals surface area contributed by atoms with Crippen LogP contribution in [0.15, 0.2) is 18.2 Å². The normalized spacial score (nSPS) is 17.5. The van der Waals surface area contributed by atoms with Crippen LogP contribution in [0.1, 0.15) is 6.42 Å². The second kappa shape index (κ2) is 7.91. The van der Waals surface area contributed by atoms with Gasteiger partial charge >= 0.3 is 6.61 Å². The summed E-state index contributed by atoms with van der Waals surface area (Å²) < 4.78 is 39.1. The average molecular weight is 344 g/mol. The van der Waals surface area contributed by atoms with Crippen LogP contribution in [0.4, 0.5) is 14.5 Å². The number of nitrogens with one attached hydrogen (secondary N) is 1. The van der Waals surface area contributed by atoms with Crippen molar-refractivity contribution in [1.29, 1.82) is 0 Å². The maximum atomic E-state index is 12.4. The number of carbonyl (C=O) groups excluding carboxylic acids is 2. The van der Waals surface area contributed by atoms with Crippen molar-refractivity contribution >= 4 is 17.5 Å². The maximum Gasteiger partial charge on any atom is 0.387 e. The number of hydrogen-bond acceptors (Lipinski definition) is 6. The van der Waals surface area contributed by atoms with Crippen LogP contribution in [0.2, 0.25) is 0 Å². The predicted molar refractivity (Wildman–Crippen MR) is 80.2 cm³/mol. The fourth-order valence-corrected chi connectivity index (χ4v) is 2.37. The number of amides is 2. The van der Waals surface area contributed by atoms with E-state index < -0.39 is 12.7 Å². The summed E-state index contributed by atoms with van der Waals surface area (Å²) in [6.45, 7) is -2.58. The Balaban J connectivity index is 2.10. The lowest BCUT2D eigenvalue weighted by Gasteiger charge is -2.17. The van der Waals surface area contributed by atoms with Crippen molar-refractivity contribution in [3.8, 4) is 11.5 Å². The summed E-state index contributed by atoms with van der Waals surface area (Å²) >= 11 is 0. The Bertz CT molecular complexity index is 612. The molecule has 0 saturated carbocycles. The van der Waals surface area contributed by atoms with E-state index in [4.69, 9.17) is 9.47 Å².